The Morgan fingerprint density at radius 3 is 2.83 bits per heavy atom. The predicted octanol–water partition coefficient (Wildman–Crippen LogP) is 2.29. The number of pyridine rings is 1. The van der Waals surface area contributed by atoms with Crippen LogP contribution in [0.15, 0.2) is 36.4 Å². The SMILES string of the molecule is NC1CCCC(N)(c2ccc3ccccc3n2)C1. The number of para-hydroxylation sites is 1. The van der Waals surface area contributed by atoms with Gasteiger partial charge in [0.05, 0.1) is 16.7 Å². The first-order valence-corrected chi connectivity index (χ1v) is 6.58. The molecule has 3 rings (SSSR count). The van der Waals surface area contributed by atoms with Gasteiger partial charge in [-0.2, -0.15) is 0 Å². The zero-order valence-corrected chi connectivity index (χ0v) is 10.5. The number of hydrogen-bond donors (Lipinski definition) is 2. The van der Waals surface area contributed by atoms with E-state index in [-0.39, 0.29) is 11.6 Å². The Balaban J connectivity index is 2.02. The van der Waals surface area contributed by atoms with Crippen LogP contribution in [0.3, 0.4) is 0 Å². The molecule has 1 aliphatic carbocycles. The van der Waals surface area contributed by atoms with Crippen molar-refractivity contribution in [1.29, 1.82) is 0 Å². The molecule has 2 unspecified atom stereocenters. The summed E-state index contributed by atoms with van der Waals surface area (Å²) in [6.45, 7) is 0. The average molecular weight is 241 g/mol. The molecule has 3 heteroatoms. The molecular weight excluding hydrogens is 222 g/mol. The van der Waals surface area contributed by atoms with Crippen molar-refractivity contribution in [1.82, 2.24) is 4.98 Å². The number of fused-ring (bicyclic) bond motifs is 1. The Morgan fingerprint density at radius 1 is 1.17 bits per heavy atom. The normalized spacial score (nSPS) is 28.4. The summed E-state index contributed by atoms with van der Waals surface area (Å²) in [5.41, 5.74) is 14.2. The van der Waals surface area contributed by atoms with E-state index in [1.807, 2.05) is 18.2 Å². The monoisotopic (exact) mass is 241 g/mol. The maximum atomic E-state index is 6.52. The van der Waals surface area contributed by atoms with Crippen molar-refractivity contribution in [3.05, 3.63) is 42.1 Å². The van der Waals surface area contributed by atoms with Crippen molar-refractivity contribution >= 4 is 10.9 Å². The summed E-state index contributed by atoms with van der Waals surface area (Å²) < 4.78 is 0. The Kier molecular flexibility index (Phi) is 2.80. The zero-order valence-electron chi connectivity index (χ0n) is 10.5. The van der Waals surface area contributed by atoms with Crippen LogP contribution >= 0.6 is 0 Å². The summed E-state index contributed by atoms with van der Waals surface area (Å²) in [6.07, 6.45) is 3.98. The Morgan fingerprint density at radius 2 is 2.00 bits per heavy atom. The summed E-state index contributed by atoms with van der Waals surface area (Å²) >= 11 is 0. The van der Waals surface area contributed by atoms with Crippen LogP contribution in [0.4, 0.5) is 0 Å². The minimum Gasteiger partial charge on any atom is -0.328 e. The van der Waals surface area contributed by atoms with E-state index >= 15 is 0 Å². The second kappa shape index (κ2) is 4.34. The van der Waals surface area contributed by atoms with Gasteiger partial charge < -0.3 is 11.5 Å². The molecule has 1 saturated carbocycles. The molecule has 94 valence electrons. The Labute approximate surface area is 107 Å². The molecule has 0 saturated heterocycles. The van der Waals surface area contributed by atoms with Gasteiger partial charge in [0.2, 0.25) is 0 Å². The fraction of sp³-hybridized carbons (Fsp3) is 0.400. The topological polar surface area (TPSA) is 64.9 Å². The summed E-state index contributed by atoms with van der Waals surface area (Å²) in [5.74, 6) is 0. The first kappa shape index (κ1) is 11.6. The first-order valence-electron chi connectivity index (χ1n) is 6.58. The van der Waals surface area contributed by atoms with Crippen molar-refractivity contribution < 1.29 is 0 Å². The van der Waals surface area contributed by atoms with Gasteiger partial charge in [-0.3, -0.25) is 4.98 Å². The van der Waals surface area contributed by atoms with Gasteiger partial charge in [-0.1, -0.05) is 24.3 Å². The molecule has 1 heterocycles. The number of benzene rings is 1. The third kappa shape index (κ3) is 2.00. The highest BCUT2D eigenvalue weighted by Crippen LogP contribution is 2.33. The van der Waals surface area contributed by atoms with E-state index in [4.69, 9.17) is 16.5 Å². The molecule has 1 aliphatic rings. The molecule has 0 amide bonds. The molecule has 2 aromatic rings. The molecular formula is C15H19N3. The fourth-order valence-corrected chi connectivity index (χ4v) is 2.93. The highest BCUT2D eigenvalue weighted by molar-refractivity contribution is 5.78. The highest BCUT2D eigenvalue weighted by Gasteiger charge is 2.34. The number of rotatable bonds is 1. The predicted molar refractivity (Wildman–Crippen MR) is 74.1 cm³/mol. The lowest BCUT2D eigenvalue weighted by Crippen LogP contribution is -2.46. The van der Waals surface area contributed by atoms with Crippen LogP contribution in [0.1, 0.15) is 31.4 Å². The number of nitrogens with two attached hydrogens (primary N) is 2. The van der Waals surface area contributed by atoms with Crippen LogP contribution in [-0.4, -0.2) is 11.0 Å². The van der Waals surface area contributed by atoms with Crippen molar-refractivity contribution in [3.63, 3.8) is 0 Å². The molecule has 1 aromatic carbocycles. The van der Waals surface area contributed by atoms with E-state index in [1.54, 1.807) is 0 Å². The van der Waals surface area contributed by atoms with Crippen molar-refractivity contribution in [3.8, 4) is 0 Å². The molecule has 0 bridgehead atoms. The smallest absolute Gasteiger partial charge is 0.0706 e. The minimum absolute atomic E-state index is 0.206. The van der Waals surface area contributed by atoms with Gasteiger partial charge in [0.1, 0.15) is 0 Å². The van der Waals surface area contributed by atoms with E-state index in [2.05, 4.69) is 18.2 Å². The van der Waals surface area contributed by atoms with Crippen LogP contribution in [-0.2, 0) is 5.54 Å². The first-order chi connectivity index (χ1) is 8.67. The lowest BCUT2D eigenvalue weighted by molar-refractivity contribution is 0.267. The Bertz CT molecular complexity index is 566. The molecule has 2 atom stereocenters. The van der Waals surface area contributed by atoms with Crippen molar-refractivity contribution in [2.75, 3.05) is 0 Å². The van der Waals surface area contributed by atoms with Crippen LogP contribution < -0.4 is 11.5 Å². The number of nitrogens with zero attached hydrogens (tertiary/aromatic N) is 1. The molecule has 18 heavy (non-hydrogen) atoms. The second-order valence-corrected chi connectivity index (χ2v) is 5.40. The van der Waals surface area contributed by atoms with Gasteiger partial charge in [-0.15, -0.1) is 0 Å². The fourth-order valence-electron chi connectivity index (χ4n) is 2.93. The van der Waals surface area contributed by atoms with Crippen molar-refractivity contribution in [2.45, 2.75) is 37.3 Å². The summed E-state index contributed by atoms with van der Waals surface area (Å²) in [4.78, 5) is 4.72. The lowest BCUT2D eigenvalue weighted by atomic mass is 9.77. The molecule has 4 N–H and O–H groups in total. The molecule has 1 aromatic heterocycles. The van der Waals surface area contributed by atoms with Crippen LogP contribution in [0.2, 0.25) is 0 Å². The van der Waals surface area contributed by atoms with Gasteiger partial charge >= 0.3 is 0 Å². The Hall–Kier alpha value is -1.45. The lowest BCUT2D eigenvalue weighted by Gasteiger charge is -2.36. The molecule has 0 aliphatic heterocycles. The highest BCUT2D eigenvalue weighted by atomic mass is 14.9. The largest absolute Gasteiger partial charge is 0.328 e. The standard InChI is InChI=1S/C15H19N3/c16-12-5-3-9-15(17,10-12)14-8-7-11-4-1-2-6-13(11)18-14/h1-2,4,6-8,12H,3,5,9-10,16-17H2. The maximum absolute atomic E-state index is 6.52. The van der Waals surface area contributed by atoms with Gasteiger partial charge in [-0.25, -0.2) is 0 Å². The van der Waals surface area contributed by atoms with Crippen LogP contribution in [0, 0.1) is 0 Å². The van der Waals surface area contributed by atoms with Crippen molar-refractivity contribution in [2.24, 2.45) is 11.5 Å². The number of aromatic nitrogens is 1. The third-order valence-corrected chi connectivity index (χ3v) is 3.93. The van der Waals surface area contributed by atoms with E-state index in [0.717, 1.165) is 42.3 Å². The van der Waals surface area contributed by atoms with E-state index < -0.39 is 0 Å². The maximum Gasteiger partial charge on any atom is 0.0706 e. The molecule has 0 spiro atoms. The summed E-state index contributed by atoms with van der Waals surface area (Å²) in [6, 6.07) is 12.5. The molecule has 0 radical (unpaired) electrons. The minimum atomic E-state index is -0.346. The van der Waals surface area contributed by atoms with Gasteiger partial charge in [0, 0.05) is 11.4 Å². The van der Waals surface area contributed by atoms with E-state index in [0.29, 0.717) is 0 Å². The number of hydrogen-bond acceptors (Lipinski definition) is 3. The molecule has 1 fully saturated rings. The summed E-state index contributed by atoms with van der Waals surface area (Å²) in [7, 11) is 0. The second-order valence-electron chi connectivity index (χ2n) is 5.40. The summed E-state index contributed by atoms with van der Waals surface area (Å²) in [5, 5.41) is 1.16. The quantitative estimate of drug-likeness (QED) is 0.805. The van der Waals surface area contributed by atoms with Gasteiger partial charge in [-0.05, 0) is 37.8 Å². The van der Waals surface area contributed by atoms with Crippen LogP contribution in [0.5, 0.6) is 0 Å². The van der Waals surface area contributed by atoms with Crippen LogP contribution in [0.25, 0.3) is 10.9 Å². The van der Waals surface area contributed by atoms with E-state index in [1.165, 1.54) is 0 Å². The van der Waals surface area contributed by atoms with E-state index in [9.17, 15) is 0 Å². The van der Waals surface area contributed by atoms with Gasteiger partial charge in [0.15, 0.2) is 0 Å². The average Bonchev–Trinajstić information content (AvgIpc) is 2.38. The molecule has 3 nitrogen and oxygen atoms in total. The third-order valence-electron chi connectivity index (χ3n) is 3.93. The zero-order chi connectivity index (χ0) is 12.6. The van der Waals surface area contributed by atoms with Gasteiger partial charge in [0.25, 0.3) is 0 Å².